The molecule has 0 N–H and O–H groups in total. The van der Waals surface area contributed by atoms with Crippen LogP contribution in [0.4, 0.5) is 0 Å². The molecule has 56 heavy (non-hydrogen) atoms. The number of fused-ring (bicyclic) bond motifs is 1. The summed E-state index contributed by atoms with van der Waals surface area (Å²) < 4.78 is 27.8. The van der Waals surface area contributed by atoms with Gasteiger partial charge >= 0.3 is 20.0 Å². The van der Waals surface area contributed by atoms with Gasteiger partial charge in [0.05, 0.1) is 29.1 Å². The summed E-state index contributed by atoms with van der Waals surface area (Å²) in [5.74, 6) is -0.334. The minimum atomic E-state index is -3.42. The lowest BCUT2D eigenvalue weighted by molar-refractivity contribution is -0.144. The zero-order valence-electron chi connectivity index (χ0n) is 33.0. The van der Waals surface area contributed by atoms with Gasteiger partial charge in [-0.05, 0) is 72.6 Å². The molecule has 1 atom stereocenters. The Morgan fingerprint density at radius 3 is 2.09 bits per heavy atom. The average molecular weight is 792 g/mol. The number of rotatable bonds is 11. The number of aromatic nitrogens is 3. The van der Waals surface area contributed by atoms with Gasteiger partial charge in [-0.1, -0.05) is 106 Å². The Balaban J connectivity index is 1.43. The first kappa shape index (κ1) is 39.4. The van der Waals surface area contributed by atoms with E-state index in [0.717, 1.165) is 38.9 Å². The molecule has 3 aromatic heterocycles. The van der Waals surface area contributed by atoms with Crippen molar-refractivity contribution in [2.45, 2.75) is 90.6 Å². The highest BCUT2D eigenvalue weighted by molar-refractivity contribution is 7.22. The summed E-state index contributed by atoms with van der Waals surface area (Å²) >= 11 is 1.27. The van der Waals surface area contributed by atoms with Crippen LogP contribution in [-0.2, 0) is 30.8 Å². The standard InChI is InChI=1S/C44H49N3O7SSi/c1-29-16-14-15-21-34(29)35(53-31-22-25-51-26-23-31)28-46-40-36(30(2)37(55-40)38-45-24-27-52-38)39(48)47(42(46)50)44(6,7)41(49)54-56(43(3,4)5,32-17-10-8-11-18-32)33-19-12-9-13-20-33/h8-21,24,27,31,35H,22-23,25-26,28H2,1-7H3/t35-/m0/s1. The molecular formula is C44H49N3O7SSi. The molecule has 0 spiro atoms. The van der Waals surface area contributed by atoms with Gasteiger partial charge in [-0.2, -0.15) is 0 Å². The number of nitrogens with zero attached hydrogens (tertiary/aromatic N) is 3. The van der Waals surface area contributed by atoms with Crippen LogP contribution in [0.2, 0.25) is 5.04 Å². The maximum absolute atomic E-state index is 15.2. The molecule has 1 aliphatic rings. The third-order valence-corrected chi connectivity index (χ3v) is 17.2. The van der Waals surface area contributed by atoms with E-state index in [2.05, 4.69) is 25.8 Å². The minimum absolute atomic E-state index is 0.0859. The first-order valence-electron chi connectivity index (χ1n) is 19.1. The van der Waals surface area contributed by atoms with Crippen molar-refractivity contribution in [2.75, 3.05) is 13.2 Å². The number of aryl methyl sites for hydroxylation is 2. The zero-order chi connectivity index (χ0) is 39.8. The number of hydrogen-bond donors (Lipinski definition) is 0. The van der Waals surface area contributed by atoms with Crippen molar-refractivity contribution in [3.05, 3.63) is 135 Å². The highest BCUT2D eigenvalue weighted by Gasteiger charge is 2.55. The van der Waals surface area contributed by atoms with Crippen molar-refractivity contribution in [1.82, 2.24) is 14.1 Å². The van der Waals surface area contributed by atoms with Crippen LogP contribution in [0.3, 0.4) is 0 Å². The number of benzene rings is 3. The lowest BCUT2D eigenvalue weighted by Crippen LogP contribution is -2.69. The van der Waals surface area contributed by atoms with Gasteiger partial charge in [-0.25, -0.2) is 14.3 Å². The predicted octanol–water partition coefficient (Wildman–Crippen LogP) is 7.27. The molecule has 4 heterocycles. The van der Waals surface area contributed by atoms with Gasteiger partial charge in [-0.15, -0.1) is 11.3 Å². The summed E-state index contributed by atoms with van der Waals surface area (Å²) in [7, 11) is -3.42. The van der Waals surface area contributed by atoms with E-state index in [4.69, 9.17) is 18.3 Å². The Morgan fingerprint density at radius 2 is 1.52 bits per heavy atom. The van der Waals surface area contributed by atoms with Crippen molar-refractivity contribution >= 4 is 46.2 Å². The molecule has 0 amide bonds. The monoisotopic (exact) mass is 791 g/mol. The Labute approximate surface area is 331 Å². The second-order valence-corrected chi connectivity index (χ2v) is 21.2. The second kappa shape index (κ2) is 15.6. The quantitative estimate of drug-likeness (QED) is 0.126. The summed E-state index contributed by atoms with van der Waals surface area (Å²) in [5, 5.41) is 1.58. The van der Waals surface area contributed by atoms with E-state index in [1.165, 1.54) is 17.6 Å². The number of hydrogen-bond acceptors (Lipinski definition) is 9. The van der Waals surface area contributed by atoms with E-state index in [0.29, 0.717) is 39.8 Å². The van der Waals surface area contributed by atoms with Crippen LogP contribution < -0.4 is 21.6 Å². The lowest BCUT2D eigenvalue weighted by atomic mass is 10.0. The molecule has 1 fully saturated rings. The van der Waals surface area contributed by atoms with Crippen LogP contribution in [0.15, 0.2) is 111 Å². The third-order valence-electron chi connectivity index (χ3n) is 11.0. The highest BCUT2D eigenvalue weighted by atomic mass is 32.1. The third kappa shape index (κ3) is 7.04. The fraction of sp³-hybridized carbons (Fsp3) is 0.364. The maximum Gasteiger partial charge on any atom is 0.333 e. The first-order chi connectivity index (χ1) is 26.8. The summed E-state index contributed by atoms with van der Waals surface area (Å²) in [6, 6.07) is 27.6. The van der Waals surface area contributed by atoms with E-state index in [1.807, 2.05) is 98.8 Å². The lowest BCUT2D eigenvalue weighted by Gasteiger charge is -2.43. The fourth-order valence-electron chi connectivity index (χ4n) is 7.92. The van der Waals surface area contributed by atoms with E-state index < -0.39 is 42.2 Å². The number of carbonyl (C=O) groups excluding carboxylic acids is 1. The summed E-state index contributed by atoms with van der Waals surface area (Å²) in [4.78, 5) is 50.7. The van der Waals surface area contributed by atoms with Crippen molar-refractivity contribution in [1.29, 1.82) is 0 Å². The molecule has 7 rings (SSSR count). The van der Waals surface area contributed by atoms with E-state index >= 15 is 9.59 Å². The average Bonchev–Trinajstić information content (AvgIpc) is 3.84. The van der Waals surface area contributed by atoms with Crippen molar-refractivity contribution in [3.63, 3.8) is 0 Å². The molecular weight excluding hydrogens is 743 g/mol. The predicted molar refractivity (Wildman–Crippen MR) is 222 cm³/mol. The van der Waals surface area contributed by atoms with Crippen molar-refractivity contribution in [3.8, 4) is 10.8 Å². The SMILES string of the molecule is Cc1ccccc1[C@H](Cn1c(=O)n(C(C)(C)C(=O)O[Si](c2ccccc2)(c2ccccc2)C(C)(C)C)c(=O)c2c(C)c(-c3ncco3)sc21)OC1CCOCC1. The van der Waals surface area contributed by atoms with Crippen LogP contribution in [0.1, 0.15) is 70.3 Å². The van der Waals surface area contributed by atoms with Crippen LogP contribution in [-0.4, -0.2) is 47.7 Å². The summed E-state index contributed by atoms with van der Waals surface area (Å²) in [6.45, 7) is 14.5. The molecule has 10 nitrogen and oxygen atoms in total. The van der Waals surface area contributed by atoms with E-state index in [1.54, 1.807) is 24.6 Å². The van der Waals surface area contributed by atoms with Crippen LogP contribution in [0.25, 0.3) is 21.0 Å². The van der Waals surface area contributed by atoms with E-state index in [-0.39, 0.29) is 12.6 Å². The van der Waals surface area contributed by atoms with Gasteiger partial charge in [0, 0.05) is 13.2 Å². The Bertz CT molecular complexity index is 2400. The zero-order valence-corrected chi connectivity index (χ0v) is 34.9. The van der Waals surface area contributed by atoms with Crippen LogP contribution in [0.5, 0.6) is 0 Å². The minimum Gasteiger partial charge on any atom is -0.508 e. The van der Waals surface area contributed by atoms with Gasteiger partial charge < -0.3 is 18.3 Å². The number of oxazole rings is 1. The molecule has 0 unspecified atom stereocenters. The van der Waals surface area contributed by atoms with Gasteiger partial charge in [0.1, 0.15) is 22.7 Å². The second-order valence-electron chi connectivity index (χ2n) is 16.0. The van der Waals surface area contributed by atoms with Crippen molar-refractivity contribution in [2.24, 2.45) is 0 Å². The molecule has 1 saturated heterocycles. The number of carbonyl (C=O) groups is 1. The van der Waals surface area contributed by atoms with Gasteiger partial charge in [-0.3, -0.25) is 14.2 Å². The molecule has 0 aliphatic carbocycles. The first-order valence-corrected chi connectivity index (χ1v) is 21.8. The smallest absolute Gasteiger partial charge is 0.333 e. The Hall–Kier alpha value is -4.88. The van der Waals surface area contributed by atoms with Gasteiger partial charge in [0.25, 0.3) is 5.56 Å². The molecule has 292 valence electrons. The molecule has 0 bridgehead atoms. The molecule has 1 aliphatic heterocycles. The summed E-state index contributed by atoms with van der Waals surface area (Å²) in [6.07, 6.45) is 3.83. The van der Waals surface area contributed by atoms with Gasteiger partial charge in [0.2, 0.25) is 5.89 Å². The van der Waals surface area contributed by atoms with Gasteiger partial charge in [0.15, 0.2) is 0 Å². The molecule has 3 aromatic carbocycles. The molecule has 6 aromatic rings. The number of thiophene rings is 1. The topological polar surface area (TPSA) is 115 Å². The van der Waals surface area contributed by atoms with Crippen molar-refractivity contribution < 1.29 is 23.1 Å². The Kier molecular flexibility index (Phi) is 10.9. The van der Waals surface area contributed by atoms with E-state index in [9.17, 15) is 4.79 Å². The largest absolute Gasteiger partial charge is 0.508 e. The molecule has 12 heteroatoms. The fourth-order valence-corrected chi connectivity index (χ4v) is 13.6. The van der Waals surface area contributed by atoms with Crippen LogP contribution >= 0.6 is 11.3 Å². The highest BCUT2D eigenvalue weighted by Crippen LogP contribution is 2.39. The maximum atomic E-state index is 15.2. The molecule has 0 radical (unpaired) electrons. The summed E-state index contributed by atoms with van der Waals surface area (Å²) in [5.41, 5.74) is -0.415. The normalized spacial score (nSPS) is 14.9. The van der Waals surface area contributed by atoms with Crippen LogP contribution in [0, 0.1) is 13.8 Å². The number of ether oxygens (including phenoxy) is 2. The Morgan fingerprint density at radius 1 is 0.911 bits per heavy atom. The molecule has 0 saturated carbocycles.